The summed E-state index contributed by atoms with van der Waals surface area (Å²) in [5.74, 6) is 0. The smallest absolute Gasteiger partial charge is 1.00 e. The first-order valence-corrected chi connectivity index (χ1v) is 31.1. The van der Waals surface area contributed by atoms with Crippen molar-refractivity contribution in [1.82, 2.24) is 0 Å². The second-order valence-corrected chi connectivity index (χ2v) is 31.7. The molecule has 0 heterocycles. The molecule has 0 spiro atoms. The standard InChI is InChI=1S/2C25H19.C12H10Si.2ClH.Zr/c2*1-2-17-14-18-10-7-13-23(24(18)15-17)25-21-11-5-3-8-19(21)16-20-9-4-6-12-22(20)25;1-3-7-11(8-4-1)13-12-9-5-2-6-10-12;;;/h2*3-16H,2H2,1H3;1-10H;2*1H;/q;;;;;+2/p-2. The molecule has 318 valence electrons. The van der Waals surface area contributed by atoms with Crippen LogP contribution in [0.4, 0.5) is 0 Å². The van der Waals surface area contributed by atoms with Crippen LogP contribution in [-0.4, -0.2) is 5.43 Å². The number of benzene rings is 10. The third kappa shape index (κ3) is 7.30. The van der Waals surface area contributed by atoms with Crippen LogP contribution < -0.4 is 35.2 Å². The topological polar surface area (TPSA) is 0 Å². The molecule has 0 amide bonds. The molecule has 0 saturated carbocycles. The molecule has 0 bridgehead atoms. The Kier molecular flexibility index (Phi) is 12.5. The van der Waals surface area contributed by atoms with E-state index in [4.69, 9.17) is 0 Å². The second-order valence-electron chi connectivity index (χ2n) is 17.6. The predicted molar refractivity (Wildman–Crippen MR) is 274 cm³/mol. The van der Waals surface area contributed by atoms with Crippen molar-refractivity contribution < 1.29 is 45.2 Å². The molecule has 0 aliphatic heterocycles. The van der Waals surface area contributed by atoms with Crippen LogP contribution in [0.25, 0.3) is 77.5 Å². The molecular formula is C62H48Cl2SiZr. The first kappa shape index (κ1) is 44.2. The summed E-state index contributed by atoms with van der Waals surface area (Å²) >= 11 is -2.94. The maximum absolute atomic E-state index is 2.94. The molecule has 2 aliphatic carbocycles. The Morgan fingerprint density at radius 3 is 1.06 bits per heavy atom. The van der Waals surface area contributed by atoms with Gasteiger partial charge in [-0.15, -0.1) is 0 Å². The minimum atomic E-state index is -2.94. The SMILES string of the molecule is CCC1=Cc2c(-c3c4ccccc4cc4ccccc34)cccc2[CH]1[Zr+2]([CH]1C(CC)=Cc2c(-c3c4ccccc4cc4ccccc34)cccc21)=[Si](c1ccccc1)c1ccccc1.[Cl-].[Cl-]. The minimum Gasteiger partial charge on any atom is -1.00 e. The quantitative estimate of drug-likeness (QED) is 0.105. The Morgan fingerprint density at radius 2 is 0.712 bits per heavy atom. The van der Waals surface area contributed by atoms with E-state index < -0.39 is 25.8 Å². The average molecular weight is 983 g/mol. The largest absolute Gasteiger partial charge is 1.00 e. The van der Waals surface area contributed by atoms with Gasteiger partial charge in [-0.25, -0.2) is 0 Å². The van der Waals surface area contributed by atoms with Gasteiger partial charge in [-0.1, -0.05) is 0 Å². The van der Waals surface area contributed by atoms with Gasteiger partial charge < -0.3 is 24.8 Å². The van der Waals surface area contributed by atoms with Gasteiger partial charge in [-0.3, -0.25) is 0 Å². The van der Waals surface area contributed by atoms with E-state index in [2.05, 4.69) is 232 Å². The molecule has 10 aromatic carbocycles. The Bertz CT molecular complexity index is 3250. The third-order valence-corrected chi connectivity index (χ3v) is 35.0. The van der Waals surface area contributed by atoms with Crippen molar-refractivity contribution in [3.63, 3.8) is 0 Å². The molecule has 12 rings (SSSR count). The van der Waals surface area contributed by atoms with Crippen LogP contribution >= 0.6 is 0 Å². The van der Waals surface area contributed by atoms with Crippen molar-refractivity contribution in [3.05, 3.63) is 240 Å². The van der Waals surface area contributed by atoms with Gasteiger partial charge in [0.15, 0.2) is 0 Å². The van der Waals surface area contributed by atoms with Gasteiger partial charge in [0.2, 0.25) is 0 Å². The normalized spacial score (nSPS) is 14.7. The third-order valence-electron chi connectivity index (χ3n) is 14.2. The Labute approximate surface area is 408 Å². The zero-order valence-corrected chi connectivity index (χ0v) is 42.1. The van der Waals surface area contributed by atoms with Gasteiger partial charge in [0.05, 0.1) is 0 Å². The number of hydrogen-bond acceptors (Lipinski definition) is 0. The van der Waals surface area contributed by atoms with Gasteiger partial charge in [0, 0.05) is 0 Å². The van der Waals surface area contributed by atoms with Crippen molar-refractivity contribution in [2.75, 3.05) is 0 Å². The van der Waals surface area contributed by atoms with Gasteiger partial charge >= 0.3 is 387 Å². The maximum Gasteiger partial charge on any atom is -1.00 e. The molecule has 10 aromatic rings. The van der Waals surface area contributed by atoms with Gasteiger partial charge in [0.25, 0.3) is 0 Å². The fraction of sp³-hybridized carbons (Fsp3) is 0.0968. The Balaban J connectivity index is 0.00000256. The number of fused-ring (bicyclic) bond motifs is 6. The van der Waals surface area contributed by atoms with Crippen LogP contribution in [0.3, 0.4) is 0 Å². The molecule has 0 aromatic heterocycles. The molecule has 0 fully saturated rings. The summed E-state index contributed by atoms with van der Waals surface area (Å²) in [6.45, 7) is 4.86. The second kappa shape index (κ2) is 18.6. The van der Waals surface area contributed by atoms with Crippen LogP contribution in [0.15, 0.2) is 217 Å². The summed E-state index contributed by atoms with van der Waals surface area (Å²) in [4.78, 5) is 0. The van der Waals surface area contributed by atoms with Crippen molar-refractivity contribution in [2.45, 2.75) is 33.9 Å². The van der Waals surface area contributed by atoms with E-state index in [9.17, 15) is 0 Å². The minimum absolute atomic E-state index is 0. The zero-order chi connectivity index (χ0) is 42.7. The van der Waals surface area contributed by atoms with Crippen molar-refractivity contribution in [2.24, 2.45) is 0 Å². The Morgan fingerprint density at radius 1 is 0.379 bits per heavy atom. The monoisotopic (exact) mass is 980 g/mol. The molecule has 66 heavy (non-hydrogen) atoms. The molecule has 0 nitrogen and oxygen atoms in total. The van der Waals surface area contributed by atoms with Crippen LogP contribution in [0.2, 0.25) is 0 Å². The van der Waals surface area contributed by atoms with E-state index in [-0.39, 0.29) is 24.8 Å². The van der Waals surface area contributed by atoms with Crippen molar-refractivity contribution >= 4 is 71.0 Å². The molecule has 0 N–H and O–H groups in total. The molecular weight excluding hydrogens is 935 g/mol. The predicted octanol–water partition coefficient (Wildman–Crippen LogP) is 9.46. The van der Waals surface area contributed by atoms with E-state index in [1.54, 1.807) is 32.6 Å². The van der Waals surface area contributed by atoms with E-state index in [0.717, 1.165) is 12.8 Å². The van der Waals surface area contributed by atoms with Crippen LogP contribution in [0.5, 0.6) is 0 Å². The van der Waals surface area contributed by atoms with Gasteiger partial charge in [-0.2, -0.15) is 0 Å². The maximum atomic E-state index is 2.67. The molecule has 2 atom stereocenters. The first-order chi connectivity index (χ1) is 31.7. The fourth-order valence-electron chi connectivity index (χ4n) is 11.5. The van der Waals surface area contributed by atoms with Gasteiger partial charge in [-0.05, 0) is 0 Å². The summed E-state index contributed by atoms with van der Waals surface area (Å²) in [6.07, 6.45) is 7.44. The molecule has 0 radical (unpaired) electrons. The fourth-order valence-corrected chi connectivity index (χ4v) is 36.9. The van der Waals surface area contributed by atoms with E-state index in [0.29, 0.717) is 7.25 Å². The van der Waals surface area contributed by atoms with Gasteiger partial charge in [0.1, 0.15) is 0 Å². The number of rotatable bonds is 8. The molecule has 2 unspecified atom stereocenters. The van der Waals surface area contributed by atoms with E-state index in [1.807, 2.05) is 0 Å². The average Bonchev–Trinajstić information content (AvgIpc) is 3.93. The van der Waals surface area contributed by atoms with Crippen molar-refractivity contribution in [1.29, 1.82) is 0 Å². The molecule has 2 aliphatic rings. The van der Waals surface area contributed by atoms with Crippen LogP contribution in [0.1, 0.15) is 56.2 Å². The summed E-state index contributed by atoms with van der Waals surface area (Å²) in [5, 5.41) is 13.6. The number of halogens is 2. The summed E-state index contributed by atoms with van der Waals surface area (Å²) in [7, 11) is 0. The Hall–Kier alpha value is -5.60. The van der Waals surface area contributed by atoms with Crippen LogP contribution in [-0.2, 0) is 20.4 Å². The summed E-state index contributed by atoms with van der Waals surface area (Å²) in [6, 6.07) is 79.1. The van der Waals surface area contributed by atoms with Crippen LogP contribution in [0, 0.1) is 0 Å². The van der Waals surface area contributed by atoms with E-state index >= 15 is 0 Å². The number of allylic oxidation sites excluding steroid dienone is 2. The summed E-state index contributed by atoms with van der Waals surface area (Å²) < 4.78 is 0.844. The summed E-state index contributed by atoms with van der Waals surface area (Å²) in [5.41, 5.74) is 13.5. The number of hydrogen-bond donors (Lipinski definition) is 0. The molecule has 4 heteroatoms. The van der Waals surface area contributed by atoms with Crippen molar-refractivity contribution in [3.8, 4) is 22.3 Å². The zero-order valence-electron chi connectivity index (χ0n) is 37.1. The van der Waals surface area contributed by atoms with E-state index in [1.165, 1.54) is 76.5 Å². The first-order valence-electron chi connectivity index (χ1n) is 23.0. The molecule has 0 saturated heterocycles.